The standard InChI is InChI=1S/C16H24N2O3/c1-3-12-10-18(9-8-15(12)19)11-16(20)17-13-4-6-14(21-2)7-5-13/h4-7,12,15,19H,3,8-11H2,1-2H3,(H,17,20). The molecule has 1 aliphatic rings. The molecule has 0 aromatic heterocycles. The molecule has 1 amide bonds. The minimum atomic E-state index is -0.226. The van der Waals surface area contributed by atoms with Gasteiger partial charge in [0.1, 0.15) is 5.75 Å². The van der Waals surface area contributed by atoms with Crippen LogP contribution in [0.15, 0.2) is 24.3 Å². The maximum atomic E-state index is 12.1. The molecular formula is C16H24N2O3. The highest BCUT2D eigenvalue weighted by molar-refractivity contribution is 5.92. The molecule has 1 fully saturated rings. The number of amides is 1. The SMILES string of the molecule is CCC1CN(CC(=O)Nc2ccc(OC)cc2)CCC1O. The number of carbonyl (C=O) groups is 1. The zero-order valence-corrected chi connectivity index (χ0v) is 12.7. The summed E-state index contributed by atoms with van der Waals surface area (Å²) in [6.07, 6.45) is 1.46. The van der Waals surface area contributed by atoms with Crippen molar-refractivity contribution in [3.8, 4) is 5.75 Å². The smallest absolute Gasteiger partial charge is 0.238 e. The average molecular weight is 292 g/mol. The number of aliphatic hydroxyl groups excluding tert-OH is 1. The van der Waals surface area contributed by atoms with Crippen LogP contribution in [-0.2, 0) is 4.79 Å². The molecule has 2 N–H and O–H groups in total. The van der Waals surface area contributed by atoms with Crippen LogP contribution >= 0.6 is 0 Å². The molecule has 2 unspecified atom stereocenters. The summed E-state index contributed by atoms with van der Waals surface area (Å²) in [4.78, 5) is 14.2. The highest BCUT2D eigenvalue weighted by Crippen LogP contribution is 2.20. The predicted octanol–water partition coefficient (Wildman–Crippen LogP) is 1.73. The van der Waals surface area contributed by atoms with Gasteiger partial charge in [-0.1, -0.05) is 6.92 Å². The number of benzene rings is 1. The van der Waals surface area contributed by atoms with Crippen molar-refractivity contribution in [2.45, 2.75) is 25.9 Å². The van der Waals surface area contributed by atoms with Gasteiger partial charge in [0.2, 0.25) is 5.91 Å². The predicted molar refractivity (Wildman–Crippen MR) is 82.5 cm³/mol. The number of methoxy groups -OCH3 is 1. The quantitative estimate of drug-likeness (QED) is 0.867. The highest BCUT2D eigenvalue weighted by atomic mass is 16.5. The van der Waals surface area contributed by atoms with Crippen molar-refractivity contribution in [3.63, 3.8) is 0 Å². The maximum Gasteiger partial charge on any atom is 0.238 e. The number of nitrogens with one attached hydrogen (secondary N) is 1. The number of aliphatic hydroxyl groups is 1. The van der Waals surface area contributed by atoms with Crippen LogP contribution in [0.5, 0.6) is 5.75 Å². The van der Waals surface area contributed by atoms with Crippen molar-refractivity contribution in [1.82, 2.24) is 4.90 Å². The number of likely N-dealkylation sites (tertiary alicyclic amines) is 1. The van der Waals surface area contributed by atoms with E-state index in [1.807, 2.05) is 24.3 Å². The number of hydrogen-bond donors (Lipinski definition) is 2. The molecule has 5 heteroatoms. The van der Waals surface area contributed by atoms with Gasteiger partial charge in [-0.25, -0.2) is 0 Å². The van der Waals surface area contributed by atoms with Gasteiger partial charge in [0, 0.05) is 18.8 Å². The van der Waals surface area contributed by atoms with Gasteiger partial charge in [0.05, 0.1) is 19.8 Å². The number of anilines is 1. The summed E-state index contributed by atoms with van der Waals surface area (Å²) in [5.74, 6) is 1.02. The third-order valence-corrected chi connectivity index (χ3v) is 4.04. The van der Waals surface area contributed by atoms with E-state index in [0.717, 1.165) is 37.4 Å². The molecule has 2 rings (SSSR count). The summed E-state index contributed by atoms with van der Waals surface area (Å²) >= 11 is 0. The van der Waals surface area contributed by atoms with E-state index in [1.165, 1.54) is 0 Å². The molecule has 21 heavy (non-hydrogen) atoms. The Hall–Kier alpha value is -1.59. The molecule has 5 nitrogen and oxygen atoms in total. The van der Waals surface area contributed by atoms with E-state index in [2.05, 4.69) is 17.1 Å². The van der Waals surface area contributed by atoms with Crippen molar-refractivity contribution in [3.05, 3.63) is 24.3 Å². The van der Waals surface area contributed by atoms with Crippen LogP contribution in [0.3, 0.4) is 0 Å². The van der Waals surface area contributed by atoms with Crippen molar-refractivity contribution >= 4 is 11.6 Å². The van der Waals surface area contributed by atoms with Crippen LogP contribution < -0.4 is 10.1 Å². The van der Waals surface area contributed by atoms with Crippen molar-refractivity contribution in [2.75, 3.05) is 32.1 Å². The van der Waals surface area contributed by atoms with Gasteiger partial charge in [-0.2, -0.15) is 0 Å². The van der Waals surface area contributed by atoms with Crippen molar-refractivity contribution < 1.29 is 14.6 Å². The van der Waals surface area contributed by atoms with Gasteiger partial charge < -0.3 is 15.2 Å². The van der Waals surface area contributed by atoms with Crippen molar-refractivity contribution in [1.29, 1.82) is 0 Å². The molecule has 116 valence electrons. The van der Waals surface area contributed by atoms with Crippen LogP contribution in [0.4, 0.5) is 5.69 Å². The van der Waals surface area contributed by atoms with E-state index in [0.29, 0.717) is 6.54 Å². The molecule has 2 atom stereocenters. The van der Waals surface area contributed by atoms with E-state index in [4.69, 9.17) is 4.74 Å². The lowest BCUT2D eigenvalue weighted by atomic mass is 9.92. The largest absolute Gasteiger partial charge is 0.497 e. The van der Waals surface area contributed by atoms with Gasteiger partial charge in [-0.3, -0.25) is 9.69 Å². The first-order chi connectivity index (χ1) is 10.1. The van der Waals surface area contributed by atoms with Gasteiger partial charge in [0.15, 0.2) is 0 Å². The lowest BCUT2D eigenvalue weighted by Crippen LogP contribution is -2.45. The fraction of sp³-hybridized carbons (Fsp3) is 0.562. The zero-order valence-electron chi connectivity index (χ0n) is 12.7. The summed E-state index contributed by atoms with van der Waals surface area (Å²) < 4.78 is 5.09. The van der Waals surface area contributed by atoms with Crippen LogP contribution in [0.25, 0.3) is 0 Å². The Morgan fingerprint density at radius 2 is 2.14 bits per heavy atom. The summed E-state index contributed by atoms with van der Waals surface area (Å²) in [6.45, 7) is 4.01. The Bertz CT molecular complexity index is 461. The van der Waals surface area contributed by atoms with Gasteiger partial charge in [-0.05, 0) is 43.0 Å². The Morgan fingerprint density at radius 3 is 2.76 bits per heavy atom. The Labute approximate surface area is 125 Å². The number of rotatable bonds is 5. The molecule has 1 aliphatic heterocycles. The third-order valence-electron chi connectivity index (χ3n) is 4.04. The minimum Gasteiger partial charge on any atom is -0.497 e. The Balaban J connectivity index is 1.83. The average Bonchev–Trinajstić information content (AvgIpc) is 2.50. The molecular weight excluding hydrogens is 268 g/mol. The minimum absolute atomic E-state index is 0.0218. The zero-order chi connectivity index (χ0) is 15.2. The number of piperidine rings is 1. The van der Waals surface area contributed by atoms with Gasteiger partial charge >= 0.3 is 0 Å². The second-order valence-corrected chi connectivity index (χ2v) is 5.54. The van der Waals surface area contributed by atoms with Gasteiger partial charge in [-0.15, -0.1) is 0 Å². The molecule has 1 heterocycles. The van der Waals surface area contributed by atoms with E-state index in [9.17, 15) is 9.90 Å². The first-order valence-corrected chi connectivity index (χ1v) is 7.46. The number of carbonyl (C=O) groups excluding carboxylic acids is 1. The van der Waals surface area contributed by atoms with E-state index >= 15 is 0 Å². The summed E-state index contributed by atoms with van der Waals surface area (Å²) in [7, 11) is 1.61. The molecule has 1 aromatic rings. The molecule has 0 bridgehead atoms. The monoisotopic (exact) mass is 292 g/mol. The molecule has 0 aliphatic carbocycles. The first-order valence-electron chi connectivity index (χ1n) is 7.46. The Kier molecular flexibility index (Phi) is 5.59. The van der Waals surface area contributed by atoms with Crippen molar-refractivity contribution in [2.24, 2.45) is 5.92 Å². The highest BCUT2D eigenvalue weighted by Gasteiger charge is 2.27. The maximum absolute atomic E-state index is 12.1. The molecule has 0 radical (unpaired) electrons. The van der Waals surface area contributed by atoms with Crippen LogP contribution in [-0.4, -0.2) is 48.8 Å². The van der Waals surface area contributed by atoms with E-state index in [1.54, 1.807) is 7.11 Å². The first kappa shape index (κ1) is 15.8. The number of ether oxygens (including phenoxy) is 1. The summed E-state index contributed by atoms with van der Waals surface area (Å²) in [6, 6.07) is 7.29. The molecule has 0 saturated carbocycles. The van der Waals surface area contributed by atoms with E-state index < -0.39 is 0 Å². The molecule has 1 saturated heterocycles. The summed E-state index contributed by atoms with van der Waals surface area (Å²) in [5.41, 5.74) is 0.768. The normalized spacial score (nSPS) is 22.8. The molecule has 0 spiro atoms. The van der Waals surface area contributed by atoms with E-state index in [-0.39, 0.29) is 17.9 Å². The number of nitrogens with zero attached hydrogens (tertiary/aromatic N) is 1. The second-order valence-electron chi connectivity index (χ2n) is 5.54. The second kappa shape index (κ2) is 7.43. The number of hydrogen-bond acceptors (Lipinski definition) is 4. The lowest BCUT2D eigenvalue weighted by molar-refractivity contribution is -0.118. The summed E-state index contributed by atoms with van der Waals surface area (Å²) in [5, 5.41) is 12.8. The fourth-order valence-electron chi connectivity index (χ4n) is 2.72. The molecule has 1 aromatic carbocycles. The Morgan fingerprint density at radius 1 is 1.43 bits per heavy atom. The van der Waals surface area contributed by atoms with Crippen LogP contribution in [0, 0.1) is 5.92 Å². The topological polar surface area (TPSA) is 61.8 Å². The van der Waals surface area contributed by atoms with Gasteiger partial charge in [0.25, 0.3) is 0 Å². The fourth-order valence-corrected chi connectivity index (χ4v) is 2.72. The van der Waals surface area contributed by atoms with Crippen LogP contribution in [0.1, 0.15) is 19.8 Å². The van der Waals surface area contributed by atoms with Crippen LogP contribution in [0.2, 0.25) is 0 Å². The lowest BCUT2D eigenvalue weighted by Gasteiger charge is -2.35. The third kappa shape index (κ3) is 4.44.